The molecule has 1 atom stereocenters. The van der Waals surface area contributed by atoms with Gasteiger partial charge in [0.05, 0.1) is 16.6 Å². The molecular weight excluding hydrogens is 437 g/mol. The number of rotatable bonds is 5. The average molecular weight is 457 g/mol. The first-order valence-electron chi connectivity index (χ1n) is 9.03. The van der Waals surface area contributed by atoms with Crippen molar-refractivity contribution in [3.05, 3.63) is 68.1 Å². The zero-order chi connectivity index (χ0) is 19.8. The Morgan fingerprint density at radius 3 is 2.72 bits per heavy atom. The monoisotopic (exact) mass is 455 g/mol. The Morgan fingerprint density at radius 1 is 1.21 bits per heavy atom. The molecule has 0 bridgehead atoms. The number of fused-ring (bicyclic) bond motifs is 1. The summed E-state index contributed by atoms with van der Waals surface area (Å²) in [5.41, 5.74) is 2.27. The van der Waals surface area contributed by atoms with E-state index in [0.717, 1.165) is 31.6 Å². The summed E-state index contributed by atoms with van der Waals surface area (Å²) < 4.78 is 1.64. The third kappa shape index (κ3) is 4.61. The van der Waals surface area contributed by atoms with Crippen LogP contribution < -0.4 is 5.69 Å². The molecule has 4 rings (SSSR count). The molecule has 0 amide bonds. The maximum Gasteiger partial charge on any atom is 0.335 e. The molecule has 0 saturated carbocycles. The van der Waals surface area contributed by atoms with Crippen LogP contribution in [0.25, 0.3) is 11.0 Å². The van der Waals surface area contributed by atoms with Crippen LogP contribution in [0.1, 0.15) is 22.3 Å². The van der Waals surface area contributed by atoms with E-state index in [9.17, 15) is 14.7 Å². The number of aromatic nitrogens is 2. The highest BCUT2D eigenvalue weighted by molar-refractivity contribution is 6.35. The minimum Gasteiger partial charge on any atom is -0.478 e. The predicted octanol–water partition coefficient (Wildman–Crippen LogP) is 4.28. The average Bonchev–Trinajstić information content (AvgIpc) is 3.21. The smallest absolute Gasteiger partial charge is 0.335 e. The number of likely N-dealkylation sites (tertiary alicyclic amines) is 1. The molecule has 1 saturated heterocycles. The molecule has 3 aromatic rings. The largest absolute Gasteiger partial charge is 0.478 e. The molecule has 6 nitrogen and oxygen atoms in total. The number of aromatic amines is 1. The lowest BCUT2D eigenvalue weighted by Crippen LogP contribution is -2.25. The van der Waals surface area contributed by atoms with Crippen molar-refractivity contribution in [3.63, 3.8) is 0 Å². The minimum absolute atomic E-state index is 0. The van der Waals surface area contributed by atoms with Gasteiger partial charge in [-0.1, -0.05) is 29.3 Å². The summed E-state index contributed by atoms with van der Waals surface area (Å²) in [6.45, 7) is 3.04. The SMILES string of the molecule is Cl.O=C(O)c1ccc2[nH]c(=O)n(CC3CCN(Cc4ccc(Cl)cc4Cl)C3)c2c1. The summed E-state index contributed by atoms with van der Waals surface area (Å²) >= 11 is 12.2. The number of carboxylic acids is 1. The minimum atomic E-state index is -1.01. The Hall–Kier alpha value is -1.99. The number of H-pyrrole nitrogens is 1. The number of nitrogens with one attached hydrogen (secondary N) is 1. The van der Waals surface area contributed by atoms with E-state index in [4.69, 9.17) is 23.2 Å². The van der Waals surface area contributed by atoms with Gasteiger partial charge in [0.25, 0.3) is 0 Å². The van der Waals surface area contributed by atoms with E-state index in [1.807, 2.05) is 12.1 Å². The predicted molar refractivity (Wildman–Crippen MR) is 117 cm³/mol. The van der Waals surface area contributed by atoms with Crippen LogP contribution in [0.3, 0.4) is 0 Å². The van der Waals surface area contributed by atoms with E-state index >= 15 is 0 Å². The van der Waals surface area contributed by atoms with Crippen molar-refractivity contribution in [1.29, 1.82) is 0 Å². The lowest BCUT2D eigenvalue weighted by molar-refractivity contribution is 0.0697. The quantitative estimate of drug-likeness (QED) is 0.601. The lowest BCUT2D eigenvalue weighted by Gasteiger charge is -2.17. The molecule has 0 radical (unpaired) electrons. The van der Waals surface area contributed by atoms with Gasteiger partial charge in [-0.2, -0.15) is 0 Å². The van der Waals surface area contributed by atoms with Gasteiger partial charge >= 0.3 is 11.7 Å². The highest BCUT2D eigenvalue weighted by atomic mass is 35.5. The molecule has 1 aliphatic rings. The van der Waals surface area contributed by atoms with Crippen LogP contribution in [0.5, 0.6) is 0 Å². The van der Waals surface area contributed by atoms with Gasteiger partial charge in [0.1, 0.15) is 0 Å². The number of nitrogens with zero attached hydrogens (tertiary/aromatic N) is 2. The van der Waals surface area contributed by atoms with Crippen molar-refractivity contribution in [1.82, 2.24) is 14.5 Å². The number of aromatic carboxylic acids is 1. The third-order valence-electron chi connectivity index (χ3n) is 5.24. The number of hydrogen-bond donors (Lipinski definition) is 2. The van der Waals surface area contributed by atoms with E-state index in [-0.39, 0.29) is 23.7 Å². The fraction of sp³-hybridized carbons (Fsp3) is 0.300. The number of imidazole rings is 1. The van der Waals surface area contributed by atoms with Crippen molar-refractivity contribution in [3.8, 4) is 0 Å². The van der Waals surface area contributed by atoms with Gasteiger partial charge in [0, 0.05) is 29.7 Å². The second kappa shape index (κ2) is 8.79. The standard InChI is InChI=1S/C20H19Cl2N3O3.ClH/c21-15-3-1-14(16(22)8-15)11-24-6-5-12(9-24)10-25-18-7-13(19(26)27)2-4-17(18)23-20(25)28;/h1-4,7-8,12H,5-6,9-11H2,(H,23,28)(H,26,27);1H. The van der Waals surface area contributed by atoms with Crippen molar-refractivity contribution >= 4 is 52.6 Å². The Kier molecular flexibility index (Phi) is 6.58. The van der Waals surface area contributed by atoms with Crippen molar-refractivity contribution in [2.75, 3.05) is 13.1 Å². The first-order chi connectivity index (χ1) is 13.4. The summed E-state index contributed by atoms with van der Waals surface area (Å²) in [6, 6.07) is 10.2. The number of hydrogen-bond acceptors (Lipinski definition) is 3. The van der Waals surface area contributed by atoms with E-state index in [1.54, 1.807) is 22.8 Å². The summed E-state index contributed by atoms with van der Waals surface area (Å²) in [7, 11) is 0. The van der Waals surface area contributed by atoms with Crippen molar-refractivity contribution in [2.45, 2.75) is 19.5 Å². The number of carboxylic acid groups (broad SMARTS) is 1. The van der Waals surface area contributed by atoms with E-state index in [1.165, 1.54) is 6.07 Å². The van der Waals surface area contributed by atoms with E-state index < -0.39 is 5.97 Å². The van der Waals surface area contributed by atoms with Gasteiger partial charge in [0.2, 0.25) is 0 Å². The fourth-order valence-electron chi connectivity index (χ4n) is 3.82. The van der Waals surface area contributed by atoms with E-state index in [0.29, 0.717) is 33.5 Å². The second-order valence-electron chi connectivity index (χ2n) is 7.20. The molecule has 1 fully saturated rings. The molecule has 2 N–H and O–H groups in total. The molecule has 29 heavy (non-hydrogen) atoms. The van der Waals surface area contributed by atoms with Gasteiger partial charge in [-0.05, 0) is 54.8 Å². The van der Waals surface area contributed by atoms with E-state index in [2.05, 4.69) is 9.88 Å². The summed E-state index contributed by atoms with van der Waals surface area (Å²) in [6.07, 6.45) is 0.961. The van der Waals surface area contributed by atoms with Crippen LogP contribution in [0.15, 0.2) is 41.2 Å². The highest BCUT2D eigenvalue weighted by Crippen LogP contribution is 2.26. The third-order valence-corrected chi connectivity index (χ3v) is 5.83. The highest BCUT2D eigenvalue weighted by Gasteiger charge is 2.25. The lowest BCUT2D eigenvalue weighted by atomic mass is 10.1. The molecule has 0 spiro atoms. The number of benzene rings is 2. The molecule has 0 aliphatic carbocycles. The first-order valence-corrected chi connectivity index (χ1v) is 9.78. The van der Waals surface area contributed by atoms with Gasteiger partial charge in [-0.25, -0.2) is 9.59 Å². The first kappa shape index (κ1) is 21.7. The fourth-order valence-corrected chi connectivity index (χ4v) is 4.29. The Balaban J connectivity index is 0.00000240. The maximum atomic E-state index is 12.4. The zero-order valence-electron chi connectivity index (χ0n) is 15.4. The zero-order valence-corrected chi connectivity index (χ0v) is 17.7. The Morgan fingerprint density at radius 2 is 2.00 bits per heavy atom. The molecule has 2 aromatic carbocycles. The van der Waals surface area contributed by atoms with Gasteiger partial charge in [-0.15, -0.1) is 12.4 Å². The Bertz CT molecular complexity index is 1110. The molecular formula is C20H20Cl3N3O3. The topological polar surface area (TPSA) is 78.3 Å². The molecule has 1 aromatic heterocycles. The van der Waals surface area contributed by atoms with Gasteiger partial charge in [0.15, 0.2) is 0 Å². The van der Waals surface area contributed by atoms with Crippen LogP contribution in [-0.4, -0.2) is 38.6 Å². The van der Waals surface area contributed by atoms with Crippen LogP contribution in [-0.2, 0) is 13.1 Å². The van der Waals surface area contributed by atoms with Crippen LogP contribution in [0.2, 0.25) is 10.0 Å². The normalized spacial score (nSPS) is 16.8. The molecule has 9 heteroatoms. The van der Waals surface area contributed by atoms with Crippen LogP contribution in [0.4, 0.5) is 0 Å². The van der Waals surface area contributed by atoms with Crippen molar-refractivity contribution < 1.29 is 9.90 Å². The summed E-state index contributed by atoms with van der Waals surface area (Å²) in [4.78, 5) is 28.7. The maximum absolute atomic E-state index is 12.4. The Labute approximate surface area is 183 Å². The second-order valence-corrected chi connectivity index (χ2v) is 8.05. The van der Waals surface area contributed by atoms with Gasteiger partial charge in [-0.3, -0.25) is 9.47 Å². The number of halogens is 3. The molecule has 154 valence electrons. The molecule has 2 heterocycles. The summed E-state index contributed by atoms with van der Waals surface area (Å²) in [5.74, 6) is -0.703. The summed E-state index contributed by atoms with van der Waals surface area (Å²) in [5, 5.41) is 10.5. The number of carbonyl (C=O) groups is 1. The molecule has 1 aliphatic heterocycles. The van der Waals surface area contributed by atoms with Crippen molar-refractivity contribution in [2.24, 2.45) is 5.92 Å². The molecule has 1 unspecified atom stereocenters. The van der Waals surface area contributed by atoms with Crippen LogP contribution in [0, 0.1) is 5.92 Å². The van der Waals surface area contributed by atoms with Gasteiger partial charge < -0.3 is 10.1 Å². The van der Waals surface area contributed by atoms with Crippen LogP contribution >= 0.6 is 35.6 Å².